The highest BCUT2D eigenvalue weighted by Crippen LogP contribution is 2.27. The van der Waals surface area contributed by atoms with Gasteiger partial charge < -0.3 is 9.94 Å². The van der Waals surface area contributed by atoms with Gasteiger partial charge in [-0.2, -0.15) is 0 Å². The molecule has 4 nitrogen and oxygen atoms in total. The van der Waals surface area contributed by atoms with E-state index in [1.54, 1.807) is 38.1 Å². The van der Waals surface area contributed by atoms with Gasteiger partial charge in [-0.15, -0.1) is 0 Å². The maximum absolute atomic E-state index is 13.2. The average Bonchev–Trinajstić information content (AvgIpc) is 2.56. The van der Waals surface area contributed by atoms with Crippen molar-refractivity contribution in [3.8, 4) is 22.5 Å². The molecule has 6 heteroatoms. The fraction of sp³-hybridized carbons (Fsp3) is 0.111. The van der Waals surface area contributed by atoms with Crippen LogP contribution in [0.2, 0.25) is 5.02 Å². The van der Waals surface area contributed by atoms with Crippen LogP contribution in [0.1, 0.15) is 11.4 Å². The Labute approximate surface area is 142 Å². The zero-order chi connectivity index (χ0) is 17.4. The molecule has 0 aliphatic rings. The van der Waals surface area contributed by atoms with E-state index in [4.69, 9.17) is 11.6 Å². The van der Waals surface area contributed by atoms with Gasteiger partial charge in [-0.3, -0.25) is 0 Å². The van der Waals surface area contributed by atoms with Gasteiger partial charge in [0.05, 0.1) is 26.9 Å². The van der Waals surface area contributed by atoms with Crippen LogP contribution in [0.15, 0.2) is 48.5 Å². The summed E-state index contributed by atoms with van der Waals surface area (Å²) in [5.41, 5.74) is 2.04. The standard InChI is InChI=1S/C18H14ClFN2O2/c1-11-17(13-3-7-15(19)8-4-13)22(24)18(12(2)21(11)23)14-5-9-16(20)10-6-14/h3-10H,1-2H3. The third-order valence-corrected chi connectivity index (χ3v) is 4.19. The smallest absolute Gasteiger partial charge is 0.289 e. The SMILES string of the molecule is Cc1c(-c2ccc(F)cc2)[n+](=O)c(-c2ccc(Cl)cc2)c(C)n1[O-]. The number of rotatable bonds is 2. The molecule has 0 saturated carbocycles. The van der Waals surface area contributed by atoms with Gasteiger partial charge in [0, 0.05) is 9.93 Å². The molecule has 2 aromatic carbocycles. The summed E-state index contributed by atoms with van der Waals surface area (Å²) in [5, 5.41) is 13.0. The van der Waals surface area contributed by atoms with Gasteiger partial charge in [0.15, 0.2) is 0 Å². The van der Waals surface area contributed by atoms with Crippen molar-refractivity contribution < 1.29 is 8.82 Å². The van der Waals surface area contributed by atoms with E-state index in [1.807, 2.05) is 0 Å². The Bertz CT molecular complexity index is 889. The summed E-state index contributed by atoms with van der Waals surface area (Å²) in [6, 6.07) is 12.1. The van der Waals surface area contributed by atoms with Crippen molar-refractivity contribution in [2.45, 2.75) is 13.8 Å². The molecule has 1 aromatic heterocycles. The summed E-state index contributed by atoms with van der Waals surface area (Å²) in [5.74, 6) is -0.408. The van der Waals surface area contributed by atoms with E-state index in [-0.39, 0.29) is 22.8 Å². The van der Waals surface area contributed by atoms with Crippen LogP contribution in [-0.4, -0.2) is 4.73 Å². The lowest BCUT2D eigenvalue weighted by molar-refractivity contribution is -0.471. The van der Waals surface area contributed by atoms with Gasteiger partial charge >= 0.3 is 0 Å². The molecule has 0 N–H and O–H groups in total. The van der Waals surface area contributed by atoms with E-state index in [9.17, 15) is 14.5 Å². The Morgan fingerprint density at radius 3 is 1.79 bits per heavy atom. The summed E-state index contributed by atoms with van der Waals surface area (Å²) >= 11 is 5.89. The van der Waals surface area contributed by atoms with Gasteiger partial charge in [0.2, 0.25) is 0 Å². The van der Waals surface area contributed by atoms with E-state index in [0.29, 0.717) is 16.1 Å². The Morgan fingerprint density at radius 2 is 1.33 bits per heavy atom. The van der Waals surface area contributed by atoms with Crippen molar-refractivity contribution in [3.05, 3.63) is 80.9 Å². The van der Waals surface area contributed by atoms with Crippen LogP contribution < -0.4 is 4.43 Å². The fourth-order valence-corrected chi connectivity index (χ4v) is 2.84. The lowest BCUT2D eigenvalue weighted by atomic mass is 10.1. The minimum atomic E-state index is -0.408. The Morgan fingerprint density at radius 1 is 0.917 bits per heavy atom. The Hall–Kier alpha value is -2.66. The highest BCUT2D eigenvalue weighted by atomic mass is 35.5. The first-order chi connectivity index (χ1) is 11.4. The third kappa shape index (κ3) is 2.67. The van der Waals surface area contributed by atoms with Crippen molar-refractivity contribution in [1.82, 2.24) is 4.73 Å². The number of hydrogen-bond donors (Lipinski definition) is 0. The summed E-state index contributed by atoms with van der Waals surface area (Å²) in [6.07, 6.45) is 0. The quantitative estimate of drug-likeness (QED) is 0.643. The van der Waals surface area contributed by atoms with Crippen molar-refractivity contribution >= 4 is 11.6 Å². The molecule has 0 unspecified atom stereocenters. The molecule has 0 amide bonds. The Balaban J connectivity index is 2.34. The van der Waals surface area contributed by atoms with Gasteiger partial charge in [0.25, 0.3) is 11.4 Å². The molecule has 0 radical (unpaired) electrons. The largest absolute Gasteiger partial charge is 0.805 e. The van der Waals surface area contributed by atoms with Crippen LogP contribution in [-0.2, 0) is 0 Å². The van der Waals surface area contributed by atoms with E-state index in [2.05, 4.69) is 0 Å². The molecule has 1 heterocycles. The lowest BCUT2D eigenvalue weighted by Gasteiger charge is -2.19. The van der Waals surface area contributed by atoms with Gasteiger partial charge in [0.1, 0.15) is 5.82 Å². The van der Waals surface area contributed by atoms with Crippen LogP contribution in [0, 0.1) is 29.8 Å². The maximum Gasteiger partial charge on any atom is 0.289 e. The molecule has 0 fully saturated rings. The second-order valence-electron chi connectivity index (χ2n) is 5.47. The topological polar surface area (TPSA) is 51.0 Å². The summed E-state index contributed by atoms with van der Waals surface area (Å²) < 4.78 is 14.6. The van der Waals surface area contributed by atoms with E-state index >= 15 is 0 Å². The van der Waals surface area contributed by atoms with Crippen LogP contribution in [0.3, 0.4) is 0 Å². The van der Waals surface area contributed by atoms with Crippen LogP contribution in [0.4, 0.5) is 4.39 Å². The molecular weight excluding hydrogens is 331 g/mol. The monoisotopic (exact) mass is 344 g/mol. The molecule has 0 aliphatic carbocycles. The number of hydrogen-bond acceptors (Lipinski definition) is 2. The number of halogens is 2. The zero-order valence-corrected chi connectivity index (χ0v) is 13.8. The molecule has 122 valence electrons. The molecule has 3 aromatic rings. The molecular formula is C18H14ClFN2O2. The second kappa shape index (κ2) is 6.09. The van der Waals surface area contributed by atoms with Crippen molar-refractivity contribution in [2.75, 3.05) is 0 Å². The zero-order valence-electron chi connectivity index (χ0n) is 13.1. The van der Waals surface area contributed by atoms with Crippen molar-refractivity contribution in [3.63, 3.8) is 0 Å². The summed E-state index contributed by atoms with van der Waals surface area (Å²) in [4.78, 5) is 13.0. The highest BCUT2D eigenvalue weighted by molar-refractivity contribution is 6.30. The lowest BCUT2D eigenvalue weighted by Crippen LogP contribution is -2.27. The van der Waals surface area contributed by atoms with Gasteiger partial charge in [-0.05, 0) is 62.4 Å². The molecule has 24 heavy (non-hydrogen) atoms. The predicted molar refractivity (Wildman–Crippen MR) is 91.9 cm³/mol. The molecule has 3 rings (SSSR count). The van der Waals surface area contributed by atoms with Crippen LogP contribution in [0.5, 0.6) is 0 Å². The number of aromatic nitrogens is 2. The first kappa shape index (κ1) is 16.2. The van der Waals surface area contributed by atoms with Gasteiger partial charge in [-0.1, -0.05) is 11.6 Å². The first-order valence-electron chi connectivity index (χ1n) is 7.28. The van der Waals surface area contributed by atoms with Gasteiger partial charge in [-0.25, -0.2) is 4.39 Å². The van der Waals surface area contributed by atoms with E-state index < -0.39 is 5.82 Å². The molecule has 0 bridgehead atoms. The number of benzene rings is 2. The van der Waals surface area contributed by atoms with Crippen molar-refractivity contribution in [2.24, 2.45) is 0 Å². The normalized spacial score (nSPS) is 10.8. The van der Waals surface area contributed by atoms with Crippen LogP contribution in [0.25, 0.3) is 22.5 Å². The van der Waals surface area contributed by atoms with E-state index in [1.165, 1.54) is 24.3 Å². The molecule has 0 atom stereocenters. The second-order valence-corrected chi connectivity index (χ2v) is 5.91. The number of nitrogens with zero attached hydrogens (tertiary/aromatic N) is 2. The first-order valence-corrected chi connectivity index (χ1v) is 7.66. The van der Waals surface area contributed by atoms with Crippen molar-refractivity contribution in [1.29, 1.82) is 0 Å². The predicted octanol–water partition coefficient (Wildman–Crippen LogP) is 4.49. The average molecular weight is 345 g/mol. The van der Waals surface area contributed by atoms with Crippen LogP contribution >= 0.6 is 11.6 Å². The minimum Gasteiger partial charge on any atom is -0.805 e. The minimum absolute atomic E-state index is 0.195. The fourth-order valence-electron chi connectivity index (χ4n) is 2.72. The Kier molecular flexibility index (Phi) is 4.11. The highest BCUT2D eigenvalue weighted by Gasteiger charge is 2.26. The molecule has 0 saturated heterocycles. The molecule has 0 spiro atoms. The third-order valence-electron chi connectivity index (χ3n) is 3.94. The summed E-state index contributed by atoms with van der Waals surface area (Å²) in [7, 11) is 0. The van der Waals surface area contributed by atoms with E-state index in [0.717, 1.165) is 9.16 Å². The summed E-state index contributed by atoms with van der Waals surface area (Å²) in [6.45, 7) is 3.16. The molecule has 0 aliphatic heterocycles. The maximum atomic E-state index is 13.2.